The number of hydrogen-bond donors (Lipinski definition) is 0. The van der Waals surface area contributed by atoms with Crippen molar-refractivity contribution in [1.29, 1.82) is 0 Å². The van der Waals surface area contributed by atoms with E-state index in [2.05, 4.69) is 55.4 Å². The Labute approximate surface area is 254 Å². The molecule has 6 atom stereocenters. The van der Waals surface area contributed by atoms with E-state index in [0.717, 1.165) is 36.5 Å². The molecule has 0 radical (unpaired) electrons. The number of esters is 2. The first-order valence-corrected chi connectivity index (χ1v) is 17.5. The second kappa shape index (κ2) is 22.4. The summed E-state index contributed by atoms with van der Waals surface area (Å²) in [5.41, 5.74) is 0. The van der Waals surface area contributed by atoms with Crippen LogP contribution in [-0.4, -0.2) is 37.4 Å². The molecule has 0 aliphatic carbocycles. The van der Waals surface area contributed by atoms with Gasteiger partial charge in [0.2, 0.25) is 0 Å². The Hall–Kier alpha value is -1.10. The lowest BCUT2D eigenvalue weighted by Gasteiger charge is -2.17. The fourth-order valence-corrected chi connectivity index (χ4v) is 5.85. The SMILES string of the molecule is CC(C)CCCC(C)CCCC(C)CCOC(=O)C1CCC(C(=O)OCCC(C)CCCC(C)CCCC(C)C)O1. The van der Waals surface area contributed by atoms with Crippen molar-refractivity contribution in [3.8, 4) is 0 Å². The highest BCUT2D eigenvalue weighted by Gasteiger charge is 2.36. The number of hydrogen-bond acceptors (Lipinski definition) is 5. The van der Waals surface area contributed by atoms with E-state index in [1.807, 2.05) is 0 Å². The highest BCUT2D eigenvalue weighted by Crippen LogP contribution is 2.24. The Morgan fingerprint density at radius 1 is 0.512 bits per heavy atom. The molecule has 5 nitrogen and oxygen atoms in total. The fraction of sp³-hybridized carbons (Fsp3) is 0.944. The molecule has 1 aliphatic heterocycles. The van der Waals surface area contributed by atoms with E-state index in [4.69, 9.17) is 14.2 Å². The van der Waals surface area contributed by atoms with Crippen LogP contribution in [0.2, 0.25) is 0 Å². The average Bonchev–Trinajstić information content (AvgIpc) is 3.39. The Morgan fingerprint density at radius 2 is 0.805 bits per heavy atom. The third-order valence-corrected chi connectivity index (χ3v) is 9.00. The standard InChI is InChI=1S/C36H68O5/c1-27(2)13-9-15-29(5)17-11-19-31(7)23-25-39-35(37)33-21-22-34(41-33)36(38)40-26-24-32(8)20-12-18-30(6)16-10-14-28(3)4/h27-34H,9-26H2,1-8H3. The number of carbonyl (C=O) groups excluding carboxylic acids is 2. The Bertz CT molecular complexity index is 619. The van der Waals surface area contributed by atoms with Crippen molar-refractivity contribution in [3.63, 3.8) is 0 Å². The van der Waals surface area contributed by atoms with Gasteiger partial charge in [-0.2, -0.15) is 0 Å². The van der Waals surface area contributed by atoms with E-state index < -0.39 is 12.2 Å². The summed E-state index contributed by atoms with van der Waals surface area (Å²) in [6.07, 6.45) is 16.9. The largest absolute Gasteiger partial charge is 0.464 e. The van der Waals surface area contributed by atoms with Crippen LogP contribution in [0.1, 0.15) is 158 Å². The molecule has 0 N–H and O–H groups in total. The van der Waals surface area contributed by atoms with Gasteiger partial charge < -0.3 is 14.2 Å². The van der Waals surface area contributed by atoms with Crippen LogP contribution >= 0.6 is 0 Å². The summed E-state index contributed by atoms with van der Waals surface area (Å²) in [5, 5.41) is 0. The van der Waals surface area contributed by atoms with Crippen molar-refractivity contribution in [2.24, 2.45) is 35.5 Å². The van der Waals surface area contributed by atoms with Crippen molar-refractivity contribution in [3.05, 3.63) is 0 Å². The second-order valence-corrected chi connectivity index (χ2v) is 14.5. The van der Waals surface area contributed by atoms with Crippen LogP contribution < -0.4 is 0 Å². The summed E-state index contributed by atoms with van der Waals surface area (Å²) >= 11 is 0. The van der Waals surface area contributed by atoms with E-state index in [1.54, 1.807) is 0 Å². The van der Waals surface area contributed by atoms with Gasteiger partial charge in [-0.15, -0.1) is 0 Å². The van der Waals surface area contributed by atoms with E-state index in [-0.39, 0.29) is 11.9 Å². The average molecular weight is 581 g/mol. The van der Waals surface area contributed by atoms with Gasteiger partial charge in [0.1, 0.15) is 0 Å². The maximum absolute atomic E-state index is 12.5. The quantitative estimate of drug-likeness (QED) is 0.106. The zero-order chi connectivity index (χ0) is 30.6. The number of rotatable bonds is 24. The molecule has 0 aromatic rings. The van der Waals surface area contributed by atoms with Crippen LogP contribution in [0.5, 0.6) is 0 Å². The van der Waals surface area contributed by atoms with Gasteiger partial charge in [-0.25, -0.2) is 9.59 Å². The molecule has 0 bridgehead atoms. The molecular weight excluding hydrogens is 512 g/mol. The predicted octanol–water partition coefficient (Wildman–Crippen LogP) is 9.94. The molecule has 0 aromatic heterocycles. The molecule has 1 rings (SSSR count). The summed E-state index contributed by atoms with van der Waals surface area (Å²) < 4.78 is 16.7. The molecule has 1 saturated heterocycles. The monoisotopic (exact) mass is 581 g/mol. The third-order valence-electron chi connectivity index (χ3n) is 9.00. The van der Waals surface area contributed by atoms with E-state index in [1.165, 1.54) is 77.0 Å². The summed E-state index contributed by atoms with van der Waals surface area (Å²) in [6, 6.07) is 0. The lowest BCUT2D eigenvalue weighted by atomic mass is 9.93. The van der Waals surface area contributed by atoms with Gasteiger partial charge in [-0.05, 0) is 61.2 Å². The lowest BCUT2D eigenvalue weighted by Crippen LogP contribution is -2.28. The molecule has 1 aliphatic rings. The maximum Gasteiger partial charge on any atom is 0.335 e. The normalized spacial score (nSPS) is 20.2. The number of carbonyl (C=O) groups is 2. The summed E-state index contributed by atoms with van der Waals surface area (Å²) in [5.74, 6) is 3.61. The predicted molar refractivity (Wildman–Crippen MR) is 171 cm³/mol. The van der Waals surface area contributed by atoms with Gasteiger partial charge in [-0.1, -0.05) is 132 Å². The molecule has 0 aromatic carbocycles. The van der Waals surface area contributed by atoms with Gasteiger partial charge in [0.05, 0.1) is 13.2 Å². The molecule has 41 heavy (non-hydrogen) atoms. The highest BCUT2D eigenvalue weighted by molar-refractivity contribution is 5.79. The second-order valence-electron chi connectivity index (χ2n) is 14.5. The summed E-state index contributed by atoms with van der Waals surface area (Å²) in [6.45, 7) is 19.3. The van der Waals surface area contributed by atoms with E-state index in [9.17, 15) is 9.59 Å². The van der Waals surface area contributed by atoms with E-state index in [0.29, 0.717) is 37.9 Å². The smallest absolute Gasteiger partial charge is 0.335 e. The molecule has 242 valence electrons. The van der Waals surface area contributed by atoms with Crippen LogP contribution in [0.15, 0.2) is 0 Å². The van der Waals surface area contributed by atoms with Crippen molar-refractivity contribution in [2.45, 2.75) is 170 Å². The molecule has 0 amide bonds. The molecule has 6 unspecified atom stereocenters. The van der Waals surface area contributed by atoms with Crippen LogP contribution in [0, 0.1) is 35.5 Å². The highest BCUT2D eigenvalue weighted by atomic mass is 16.6. The molecule has 0 saturated carbocycles. The zero-order valence-corrected chi connectivity index (χ0v) is 28.4. The first-order valence-electron chi connectivity index (χ1n) is 17.5. The van der Waals surface area contributed by atoms with Crippen LogP contribution in [0.4, 0.5) is 0 Å². The topological polar surface area (TPSA) is 61.8 Å². The Morgan fingerprint density at radius 3 is 1.12 bits per heavy atom. The minimum atomic E-state index is -0.643. The summed E-state index contributed by atoms with van der Waals surface area (Å²) in [4.78, 5) is 25.0. The molecule has 0 spiro atoms. The molecule has 5 heteroatoms. The van der Waals surface area contributed by atoms with Gasteiger partial charge in [0.25, 0.3) is 0 Å². The minimum Gasteiger partial charge on any atom is -0.464 e. The van der Waals surface area contributed by atoms with Crippen LogP contribution in [-0.2, 0) is 23.8 Å². The van der Waals surface area contributed by atoms with Crippen LogP contribution in [0.3, 0.4) is 0 Å². The van der Waals surface area contributed by atoms with Gasteiger partial charge in [0, 0.05) is 0 Å². The van der Waals surface area contributed by atoms with Crippen molar-refractivity contribution in [1.82, 2.24) is 0 Å². The maximum atomic E-state index is 12.5. The Balaban J connectivity index is 2.10. The van der Waals surface area contributed by atoms with Crippen molar-refractivity contribution >= 4 is 11.9 Å². The van der Waals surface area contributed by atoms with Gasteiger partial charge in [0.15, 0.2) is 12.2 Å². The lowest BCUT2D eigenvalue weighted by molar-refractivity contribution is -0.165. The van der Waals surface area contributed by atoms with Crippen molar-refractivity contribution in [2.75, 3.05) is 13.2 Å². The Kier molecular flexibility index (Phi) is 20.8. The third kappa shape index (κ3) is 19.7. The van der Waals surface area contributed by atoms with Crippen LogP contribution in [0.25, 0.3) is 0 Å². The van der Waals surface area contributed by atoms with Gasteiger partial charge in [-0.3, -0.25) is 0 Å². The fourth-order valence-electron chi connectivity index (χ4n) is 5.85. The molecular formula is C36H68O5. The minimum absolute atomic E-state index is 0.335. The number of ether oxygens (including phenoxy) is 3. The summed E-state index contributed by atoms with van der Waals surface area (Å²) in [7, 11) is 0. The van der Waals surface area contributed by atoms with Gasteiger partial charge >= 0.3 is 11.9 Å². The zero-order valence-electron chi connectivity index (χ0n) is 28.4. The first-order chi connectivity index (χ1) is 19.5. The molecule has 1 fully saturated rings. The van der Waals surface area contributed by atoms with Crippen molar-refractivity contribution < 1.29 is 23.8 Å². The first kappa shape index (κ1) is 37.9. The van der Waals surface area contributed by atoms with E-state index >= 15 is 0 Å². The molecule has 1 heterocycles.